The van der Waals surface area contributed by atoms with Crippen molar-refractivity contribution in [2.24, 2.45) is 17.6 Å². The van der Waals surface area contributed by atoms with E-state index >= 15 is 0 Å². The van der Waals surface area contributed by atoms with E-state index in [1.807, 2.05) is 0 Å². The normalized spacial score (nSPS) is 14.0. The number of nitrogens with two attached hydrogens (primary N) is 1. The van der Waals surface area contributed by atoms with Crippen molar-refractivity contribution in [1.82, 2.24) is 5.32 Å². The van der Waals surface area contributed by atoms with Gasteiger partial charge in [-0.05, 0) is 5.56 Å². The first-order valence-electron chi connectivity index (χ1n) is 8.11. The maximum atomic E-state index is 12.6. The molecule has 0 unspecified atom stereocenters. The minimum absolute atomic E-state index is 0.561. The number of ether oxygens (including phenoxy) is 3. The molecule has 3 atom stereocenters. The maximum Gasteiger partial charge on any atom is 0.320 e. The summed E-state index contributed by atoms with van der Waals surface area (Å²) in [6, 6.07) is 7.27. The Balaban J connectivity index is 3.09. The molecule has 9 heteroatoms. The predicted octanol–water partition coefficient (Wildman–Crippen LogP) is -0.0575. The van der Waals surface area contributed by atoms with Crippen molar-refractivity contribution in [2.45, 2.75) is 19.1 Å². The molecule has 0 saturated heterocycles. The van der Waals surface area contributed by atoms with Gasteiger partial charge in [0.25, 0.3) is 5.91 Å². The van der Waals surface area contributed by atoms with Crippen molar-refractivity contribution in [3.8, 4) is 0 Å². The number of primary amides is 1. The van der Waals surface area contributed by atoms with Gasteiger partial charge in [0.2, 0.25) is 5.91 Å². The van der Waals surface area contributed by atoms with Crippen LogP contribution in [-0.2, 0) is 33.4 Å². The van der Waals surface area contributed by atoms with Gasteiger partial charge < -0.3 is 25.3 Å². The number of rotatable bonds is 9. The molecule has 27 heavy (non-hydrogen) atoms. The fourth-order valence-electron chi connectivity index (χ4n) is 2.68. The van der Waals surface area contributed by atoms with Gasteiger partial charge in [-0.25, -0.2) is 0 Å². The van der Waals surface area contributed by atoms with Crippen molar-refractivity contribution in [3.05, 3.63) is 35.9 Å². The molecule has 0 aliphatic heterocycles. The number of carbonyl (C=O) groups excluding carboxylic acids is 4. The molecule has 2 amide bonds. The second-order valence-corrected chi connectivity index (χ2v) is 5.80. The van der Waals surface area contributed by atoms with E-state index in [9.17, 15) is 19.2 Å². The molecule has 3 N–H and O–H groups in total. The molecule has 0 aliphatic rings. The zero-order valence-corrected chi connectivity index (χ0v) is 15.6. The highest BCUT2D eigenvalue weighted by atomic mass is 16.5. The van der Waals surface area contributed by atoms with E-state index < -0.39 is 47.7 Å². The van der Waals surface area contributed by atoms with Gasteiger partial charge in [0.1, 0.15) is 6.04 Å². The van der Waals surface area contributed by atoms with Crippen LogP contribution in [0.2, 0.25) is 0 Å². The molecule has 0 radical (unpaired) electrons. The van der Waals surface area contributed by atoms with Crippen molar-refractivity contribution < 1.29 is 33.4 Å². The van der Waals surface area contributed by atoms with Gasteiger partial charge in [-0.15, -0.1) is 0 Å². The number of nitrogens with one attached hydrogen (secondary N) is 1. The zero-order valence-electron chi connectivity index (χ0n) is 15.6. The maximum absolute atomic E-state index is 12.6. The van der Waals surface area contributed by atoms with Crippen LogP contribution in [0.5, 0.6) is 0 Å². The Morgan fingerprint density at radius 1 is 0.963 bits per heavy atom. The van der Waals surface area contributed by atoms with Crippen molar-refractivity contribution in [2.75, 3.05) is 21.3 Å². The molecule has 0 spiro atoms. The van der Waals surface area contributed by atoms with Gasteiger partial charge in [0, 0.05) is 13.0 Å². The molecular formula is C18H24N2O7. The SMILES string of the molecule is COC(=O)C(C(=O)OC)[C@@H](C)[C@@H](NC(=O)[C@H](OC)c1ccccc1)C(N)=O. The van der Waals surface area contributed by atoms with E-state index in [2.05, 4.69) is 14.8 Å². The summed E-state index contributed by atoms with van der Waals surface area (Å²) in [5, 5.41) is 2.45. The molecule has 0 saturated carbocycles. The van der Waals surface area contributed by atoms with Gasteiger partial charge in [0.15, 0.2) is 12.0 Å². The summed E-state index contributed by atoms with van der Waals surface area (Å²) in [5.41, 5.74) is 5.95. The lowest BCUT2D eigenvalue weighted by atomic mass is 9.86. The second-order valence-electron chi connectivity index (χ2n) is 5.80. The summed E-state index contributed by atoms with van der Waals surface area (Å²) in [5.74, 6) is -5.82. The summed E-state index contributed by atoms with van der Waals surface area (Å²) in [6.07, 6.45) is -1.00. The number of amides is 2. The van der Waals surface area contributed by atoms with E-state index in [-0.39, 0.29) is 0 Å². The third-order valence-electron chi connectivity index (χ3n) is 4.14. The van der Waals surface area contributed by atoms with Crippen LogP contribution in [0, 0.1) is 11.8 Å². The summed E-state index contributed by atoms with van der Waals surface area (Å²) in [7, 11) is 3.53. The van der Waals surface area contributed by atoms with Crippen LogP contribution < -0.4 is 11.1 Å². The minimum atomic E-state index is -1.43. The van der Waals surface area contributed by atoms with Crippen LogP contribution in [0.3, 0.4) is 0 Å². The van der Waals surface area contributed by atoms with Crippen LogP contribution in [0.1, 0.15) is 18.6 Å². The highest BCUT2D eigenvalue weighted by molar-refractivity contribution is 5.97. The predicted molar refractivity (Wildman–Crippen MR) is 94.0 cm³/mol. The Morgan fingerprint density at radius 3 is 1.89 bits per heavy atom. The number of benzene rings is 1. The Hall–Kier alpha value is -2.94. The Morgan fingerprint density at radius 2 is 1.48 bits per heavy atom. The lowest BCUT2D eigenvalue weighted by Gasteiger charge is -2.28. The smallest absolute Gasteiger partial charge is 0.320 e. The number of hydrogen-bond acceptors (Lipinski definition) is 7. The average molecular weight is 380 g/mol. The fourth-order valence-corrected chi connectivity index (χ4v) is 2.68. The highest BCUT2D eigenvalue weighted by Gasteiger charge is 2.41. The first-order valence-corrected chi connectivity index (χ1v) is 8.11. The van der Waals surface area contributed by atoms with E-state index in [1.54, 1.807) is 30.3 Å². The summed E-state index contributed by atoms with van der Waals surface area (Å²) < 4.78 is 14.4. The first kappa shape index (κ1) is 22.1. The number of methoxy groups -OCH3 is 3. The van der Waals surface area contributed by atoms with E-state index in [4.69, 9.17) is 10.5 Å². The minimum Gasteiger partial charge on any atom is -0.468 e. The average Bonchev–Trinajstić information content (AvgIpc) is 2.66. The summed E-state index contributed by atoms with van der Waals surface area (Å²) in [4.78, 5) is 48.5. The molecule has 1 aromatic carbocycles. The second kappa shape index (κ2) is 10.3. The Kier molecular flexibility index (Phi) is 8.40. The van der Waals surface area contributed by atoms with Crippen LogP contribution in [0.15, 0.2) is 30.3 Å². The Bertz CT molecular complexity index is 662. The summed E-state index contributed by atoms with van der Waals surface area (Å²) >= 11 is 0. The lowest BCUT2D eigenvalue weighted by Crippen LogP contribution is -2.53. The lowest BCUT2D eigenvalue weighted by molar-refractivity contribution is -0.162. The molecule has 148 valence electrons. The van der Waals surface area contributed by atoms with Crippen LogP contribution in [0.25, 0.3) is 0 Å². The topological polar surface area (TPSA) is 134 Å². The molecule has 0 bridgehead atoms. The number of carbonyl (C=O) groups is 4. The van der Waals surface area contributed by atoms with E-state index in [1.165, 1.54) is 14.0 Å². The highest BCUT2D eigenvalue weighted by Crippen LogP contribution is 2.22. The first-order chi connectivity index (χ1) is 12.8. The van der Waals surface area contributed by atoms with Gasteiger partial charge in [-0.2, -0.15) is 0 Å². The standard InChI is InChI=1S/C18H24N2O7/c1-10(12(17(23)26-3)18(24)27-4)13(15(19)21)20-16(22)14(25-2)11-8-6-5-7-9-11/h5-10,12-14H,1-4H3,(H2,19,21)(H,20,22)/t10-,13-,14-/m1/s1. The van der Waals surface area contributed by atoms with Crippen LogP contribution in [-0.4, -0.2) is 51.1 Å². The molecule has 1 rings (SSSR count). The molecule has 0 heterocycles. The largest absolute Gasteiger partial charge is 0.468 e. The van der Waals surface area contributed by atoms with Crippen molar-refractivity contribution in [1.29, 1.82) is 0 Å². The third-order valence-corrected chi connectivity index (χ3v) is 4.14. The number of hydrogen-bond donors (Lipinski definition) is 2. The van der Waals surface area contributed by atoms with E-state index in [0.29, 0.717) is 5.56 Å². The molecule has 1 aromatic rings. The van der Waals surface area contributed by atoms with Gasteiger partial charge in [0.05, 0.1) is 14.2 Å². The molecular weight excluding hydrogens is 356 g/mol. The summed E-state index contributed by atoms with van der Waals surface area (Å²) in [6.45, 7) is 1.42. The zero-order chi connectivity index (χ0) is 20.6. The fraction of sp³-hybridized carbons (Fsp3) is 0.444. The third kappa shape index (κ3) is 5.52. The monoisotopic (exact) mass is 380 g/mol. The molecule has 9 nitrogen and oxygen atoms in total. The van der Waals surface area contributed by atoms with Crippen molar-refractivity contribution in [3.63, 3.8) is 0 Å². The van der Waals surface area contributed by atoms with E-state index in [0.717, 1.165) is 14.2 Å². The van der Waals surface area contributed by atoms with Gasteiger partial charge in [-0.1, -0.05) is 37.3 Å². The van der Waals surface area contributed by atoms with Crippen LogP contribution in [0.4, 0.5) is 0 Å². The molecule has 0 aliphatic carbocycles. The Labute approximate surface area is 157 Å². The quantitative estimate of drug-likeness (QED) is 0.453. The van der Waals surface area contributed by atoms with Gasteiger partial charge >= 0.3 is 11.9 Å². The van der Waals surface area contributed by atoms with Crippen LogP contribution >= 0.6 is 0 Å². The molecule has 0 aromatic heterocycles. The van der Waals surface area contributed by atoms with Gasteiger partial charge in [-0.3, -0.25) is 19.2 Å². The molecule has 0 fully saturated rings. The van der Waals surface area contributed by atoms with Crippen molar-refractivity contribution >= 4 is 23.8 Å². The number of esters is 2.